The Hall–Kier alpha value is -9.12. The third-order valence-electron chi connectivity index (χ3n) is 13.8. The summed E-state index contributed by atoms with van der Waals surface area (Å²) in [6.07, 6.45) is 0. The zero-order chi connectivity index (χ0) is 44.7. The number of hydrogen-bond acceptors (Lipinski definition) is 3. The van der Waals surface area contributed by atoms with Gasteiger partial charge in [-0.2, -0.15) is 0 Å². The molecule has 0 aliphatic heterocycles. The van der Waals surface area contributed by atoms with Crippen LogP contribution in [0, 0.1) is 0 Å². The van der Waals surface area contributed by atoms with Crippen molar-refractivity contribution in [1.82, 2.24) is 14.5 Å². The Balaban J connectivity index is 1.05. The van der Waals surface area contributed by atoms with Crippen LogP contribution in [-0.4, -0.2) is 14.5 Å². The second-order valence-corrected chi connectivity index (χ2v) is 17.7. The lowest BCUT2D eigenvalue weighted by Gasteiger charge is -2.16. The zero-order valence-corrected chi connectivity index (χ0v) is 36.8. The van der Waals surface area contributed by atoms with Crippen LogP contribution in [0.2, 0.25) is 0 Å². The molecule has 316 valence electrons. The molecule has 0 radical (unpaired) electrons. The van der Waals surface area contributed by atoms with Crippen molar-refractivity contribution in [1.29, 1.82) is 0 Å². The molecule has 0 aliphatic rings. The van der Waals surface area contributed by atoms with E-state index >= 15 is 0 Å². The Morgan fingerprint density at radius 2 is 0.765 bits per heavy atom. The monoisotopic (exact) mass is 865 g/mol. The number of nitrogens with zero attached hydrogens (tertiary/aromatic N) is 3. The first kappa shape index (κ1) is 38.2. The van der Waals surface area contributed by atoms with Gasteiger partial charge in [-0.1, -0.05) is 170 Å². The maximum Gasteiger partial charge on any atom is 0.160 e. The third-order valence-corrected chi connectivity index (χ3v) is 13.8. The number of para-hydroxylation sites is 2. The van der Waals surface area contributed by atoms with Gasteiger partial charge in [0.25, 0.3) is 0 Å². The molecule has 11 aromatic carbocycles. The molecule has 3 aromatic heterocycles. The van der Waals surface area contributed by atoms with Crippen molar-refractivity contribution in [2.24, 2.45) is 0 Å². The molecule has 14 aromatic rings. The number of hydrogen-bond donors (Lipinski definition) is 0. The van der Waals surface area contributed by atoms with Gasteiger partial charge in [0.05, 0.1) is 22.4 Å². The van der Waals surface area contributed by atoms with Crippen molar-refractivity contribution in [3.63, 3.8) is 0 Å². The summed E-state index contributed by atoms with van der Waals surface area (Å²) in [4.78, 5) is 10.7. The van der Waals surface area contributed by atoms with Crippen LogP contribution in [0.4, 0.5) is 0 Å². The van der Waals surface area contributed by atoms with E-state index in [0.717, 1.165) is 77.9 Å². The Morgan fingerprint density at radius 1 is 0.265 bits per heavy atom. The van der Waals surface area contributed by atoms with Crippen LogP contribution in [0.25, 0.3) is 138 Å². The molecule has 4 nitrogen and oxygen atoms in total. The van der Waals surface area contributed by atoms with Crippen LogP contribution in [0.5, 0.6) is 0 Å². The van der Waals surface area contributed by atoms with Gasteiger partial charge in [0.1, 0.15) is 11.2 Å². The van der Waals surface area contributed by atoms with Crippen LogP contribution < -0.4 is 0 Å². The van der Waals surface area contributed by atoms with E-state index in [9.17, 15) is 0 Å². The van der Waals surface area contributed by atoms with Crippen LogP contribution in [-0.2, 0) is 0 Å². The molecule has 0 aliphatic carbocycles. The largest absolute Gasteiger partial charge is 0.456 e. The second-order valence-electron chi connectivity index (χ2n) is 17.7. The Labute approximate surface area is 391 Å². The van der Waals surface area contributed by atoms with Crippen LogP contribution in [0.15, 0.2) is 241 Å². The molecule has 0 spiro atoms. The average Bonchev–Trinajstić information content (AvgIpc) is 3.96. The Bertz CT molecular complexity index is 4280. The van der Waals surface area contributed by atoms with Crippen molar-refractivity contribution in [2.75, 3.05) is 0 Å². The van der Waals surface area contributed by atoms with Crippen LogP contribution >= 0.6 is 0 Å². The van der Waals surface area contributed by atoms with E-state index in [4.69, 9.17) is 14.4 Å². The quantitative estimate of drug-likeness (QED) is 0.156. The van der Waals surface area contributed by atoms with Crippen molar-refractivity contribution in [3.05, 3.63) is 237 Å². The van der Waals surface area contributed by atoms with Gasteiger partial charge in [-0.3, -0.25) is 0 Å². The van der Waals surface area contributed by atoms with Crippen LogP contribution in [0.1, 0.15) is 0 Å². The SMILES string of the molecule is c1ccc(-c2ccc3c4ccccc4n(-c4cc(-c5ccc6c7ccccc7c7ccccc7c6c5)cc(-c5cc(-c6ccc7oc8ccccc8c7c6)nc(-c6ccccc6)n5)c4)c3c2)cc1. The standard InChI is InChI=1S/C64H39N3O/c1-3-15-40(16-4-1)43-28-31-54-53-23-11-13-25-60(53)67(61(54)38-43)47-34-45(42-27-30-52-50-21-8-7-19-48(50)49-20-9-10-22-51(49)56(52)36-42)33-46(35-47)59-39-58(65-64(66-59)41-17-5-2-6-18-41)44-29-32-63-57(37-44)55-24-12-14-26-62(55)68-63/h1-39H. The summed E-state index contributed by atoms with van der Waals surface area (Å²) in [6, 6.07) is 84.9. The van der Waals surface area contributed by atoms with E-state index in [1.165, 1.54) is 54.2 Å². The fourth-order valence-electron chi connectivity index (χ4n) is 10.5. The molecule has 0 unspecified atom stereocenters. The van der Waals surface area contributed by atoms with Crippen LogP contribution in [0.3, 0.4) is 0 Å². The molecule has 3 heterocycles. The first-order chi connectivity index (χ1) is 33.7. The molecule has 0 bridgehead atoms. The highest BCUT2D eigenvalue weighted by atomic mass is 16.3. The highest BCUT2D eigenvalue weighted by Crippen LogP contribution is 2.42. The summed E-state index contributed by atoms with van der Waals surface area (Å²) in [6.45, 7) is 0. The summed E-state index contributed by atoms with van der Waals surface area (Å²) < 4.78 is 8.70. The average molecular weight is 866 g/mol. The number of aromatic nitrogens is 3. The van der Waals surface area contributed by atoms with Gasteiger partial charge in [0.2, 0.25) is 0 Å². The fraction of sp³-hybridized carbons (Fsp3) is 0. The summed E-state index contributed by atoms with van der Waals surface area (Å²) in [7, 11) is 0. The minimum atomic E-state index is 0.663. The van der Waals surface area contributed by atoms with Crippen molar-refractivity contribution in [2.45, 2.75) is 0 Å². The number of furan rings is 1. The van der Waals surface area contributed by atoms with Gasteiger partial charge in [0.15, 0.2) is 5.82 Å². The fourth-order valence-corrected chi connectivity index (χ4v) is 10.5. The van der Waals surface area contributed by atoms with E-state index in [1.54, 1.807) is 0 Å². The van der Waals surface area contributed by atoms with E-state index < -0.39 is 0 Å². The molecule has 0 amide bonds. The van der Waals surface area contributed by atoms with Gasteiger partial charge in [-0.05, 0) is 121 Å². The van der Waals surface area contributed by atoms with Crippen molar-refractivity contribution >= 4 is 76.1 Å². The summed E-state index contributed by atoms with van der Waals surface area (Å²) >= 11 is 0. The topological polar surface area (TPSA) is 43.9 Å². The normalized spacial score (nSPS) is 11.8. The van der Waals surface area contributed by atoms with Crippen molar-refractivity contribution in [3.8, 4) is 61.8 Å². The minimum Gasteiger partial charge on any atom is -0.456 e. The second kappa shape index (κ2) is 15.2. The molecule has 0 saturated heterocycles. The van der Waals surface area contributed by atoms with Gasteiger partial charge < -0.3 is 8.98 Å². The Morgan fingerprint density at radius 3 is 1.50 bits per heavy atom. The summed E-state index contributed by atoms with van der Waals surface area (Å²) in [5.74, 6) is 0.663. The smallest absolute Gasteiger partial charge is 0.160 e. The van der Waals surface area contributed by atoms with Crippen molar-refractivity contribution < 1.29 is 4.42 Å². The molecule has 0 atom stereocenters. The lowest BCUT2D eigenvalue weighted by molar-refractivity contribution is 0.669. The molecule has 14 rings (SSSR count). The van der Waals surface area contributed by atoms with Gasteiger partial charge in [-0.15, -0.1) is 0 Å². The third kappa shape index (κ3) is 6.15. The predicted molar refractivity (Wildman–Crippen MR) is 283 cm³/mol. The lowest BCUT2D eigenvalue weighted by Crippen LogP contribution is -1.99. The van der Waals surface area contributed by atoms with E-state index in [-0.39, 0.29) is 0 Å². The number of rotatable bonds is 6. The van der Waals surface area contributed by atoms with E-state index in [2.05, 4.69) is 211 Å². The predicted octanol–water partition coefficient (Wildman–Crippen LogP) is 17.3. The number of benzene rings is 11. The summed E-state index contributed by atoms with van der Waals surface area (Å²) in [5, 5.41) is 12.0. The number of fused-ring (bicyclic) bond motifs is 12. The molecular weight excluding hydrogens is 827 g/mol. The molecule has 0 saturated carbocycles. The highest BCUT2D eigenvalue weighted by Gasteiger charge is 2.19. The zero-order valence-electron chi connectivity index (χ0n) is 36.8. The Kier molecular flexibility index (Phi) is 8.55. The summed E-state index contributed by atoms with van der Waals surface area (Å²) in [5.41, 5.74) is 14.2. The maximum atomic E-state index is 6.26. The first-order valence-electron chi connectivity index (χ1n) is 23.1. The molecule has 68 heavy (non-hydrogen) atoms. The van der Waals surface area contributed by atoms with Gasteiger partial charge in [-0.25, -0.2) is 9.97 Å². The van der Waals surface area contributed by atoms with E-state index in [1.807, 2.05) is 30.3 Å². The first-order valence-corrected chi connectivity index (χ1v) is 23.1. The van der Waals surface area contributed by atoms with Gasteiger partial charge >= 0.3 is 0 Å². The minimum absolute atomic E-state index is 0.663. The van der Waals surface area contributed by atoms with Gasteiger partial charge in [0, 0.05) is 43.9 Å². The molecular formula is C64H39N3O. The lowest BCUT2D eigenvalue weighted by atomic mass is 9.91. The molecule has 0 fully saturated rings. The maximum absolute atomic E-state index is 6.26. The van der Waals surface area contributed by atoms with E-state index in [0.29, 0.717) is 5.82 Å². The highest BCUT2D eigenvalue weighted by molar-refractivity contribution is 6.25. The molecule has 0 N–H and O–H groups in total. The molecule has 4 heteroatoms.